The van der Waals surface area contributed by atoms with Crippen molar-refractivity contribution in [2.75, 3.05) is 0 Å². The Bertz CT molecular complexity index is 1310. The number of amides is 1. The van der Waals surface area contributed by atoms with Gasteiger partial charge in [0.15, 0.2) is 5.16 Å². The van der Waals surface area contributed by atoms with E-state index in [2.05, 4.69) is 65.1 Å². The Hall–Kier alpha value is -3.12. The fraction of sp³-hybridized carbons (Fsp3) is 0.345. The minimum absolute atomic E-state index is 0.0374. The van der Waals surface area contributed by atoms with Crippen LogP contribution in [0.5, 0.6) is 0 Å². The topological polar surface area (TPSA) is 59.8 Å². The summed E-state index contributed by atoms with van der Waals surface area (Å²) >= 11 is 1.72. The van der Waals surface area contributed by atoms with Gasteiger partial charge >= 0.3 is 0 Å². The van der Waals surface area contributed by atoms with E-state index in [9.17, 15) is 4.79 Å². The number of rotatable bonds is 7. The molecule has 4 aromatic rings. The van der Waals surface area contributed by atoms with Crippen molar-refractivity contribution in [1.82, 2.24) is 19.9 Å². The van der Waals surface area contributed by atoms with Crippen LogP contribution >= 0.6 is 11.8 Å². The first-order valence-electron chi connectivity index (χ1n) is 12.5. The minimum atomic E-state index is 0.0374. The first-order valence-corrected chi connectivity index (χ1v) is 13.4. The molecule has 2 atom stereocenters. The van der Waals surface area contributed by atoms with Gasteiger partial charge < -0.3 is 9.88 Å². The molecule has 0 aliphatic heterocycles. The Kier molecular flexibility index (Phi) is 7.19. The first kappa shape index (κ1) is 23.6. The second-order valence-corrected chi connectivity index (χ2v) is 10.6. The van der Waals surface area contributed by atoms with Crippen molar-refractivity contribution in [2.45, 2.75) is 63.0 Å². The Morgan fingerprint density at radius 1 is 1.09 bits per heavy atom. The number of carbonyl (C=O) groups is 1. The van der Waals surface area contributed by atoms with Crippen LogP contribution < -0.4 is 5.32 Å². The zero-order valence-corrected chi connectivity index (χ0v) is 21.2. The summed E-state index contributed by atoms with van der Waals surface area (Å²) in [6.07, 6.45) is 8.44. The van der Waals surface area contributed by atoms with E-state index in [-0.39, 0.29) is 5.91 Å². The second-order valence-electron chi connectivity index (χ2n) is 9.66. The molecule has 5 nitrogen and oxygen atoms in total. The van der Waals surface area contributed by atoms with E-state index >= 15 is 0 Å². The second kappa shape index (κ2) is 10.6. The normalized spacial score (nSPS) is 18.0. The molecular weight excluding hydrogens is 452 g/mol. The van der Waals surface area contributed by atoms with Crippen molar-refractivity contribution in [2.24, 2.45) is 5.92 Å². The highest BCUT2D eigenvalue weighted by Crippen LogP contribution is 2.28. The predicted octanol–water partition coefficient (Wildman–Crippen LogP) is 6.39. The van der Waals surface area contributed by atoms with Gasteiger partial charge in [-0.1, -0.05) is 73.5 Å². The molecule has 2 aromatic heterocycles. The van der Waals surface area contributed by atoms with Gasteiger partial charge in [-0.15, -0.1) is 0 Å². The number of benzene rings is 2. The number of aromatic nitrogens is 3. The van der Waals surface area contributed by atoms with Crippen molar-refractivity contribution < 1.29 is 4.79 Å². The maximum absolute atomic E-state index is 12.8. The summed E-state index contributed by atoms with van der Waals surface area (Å²) in [6, 6.07) is 18.8. The molecule has 1 aliphatic carbocycles. The van der Waals surface area contributed by atoms with E-state index < -0.39 is 0 Å². The third kappa shape index (κ3) is 5.59. The van der Waals surface area contributed by atoms with E-state index in [0.29, 0.717) is 12.0 Å². The van der Waals surface area contributed by atoms with Gasteiger partial charge in [0.05, 0.1) is 23.8 Å². The Labute approximate surface area is 211 Å². The number of hydrogen-bond donors (Lipinski definition) is 1. The Morgan fingerprint density at radius 3 is 2.71 bits per heavy atom. The maximum atomic E-state index is 12.8. The van der Waals surface area contributed by atoms with E-state index in [1.807, 2.05) is 24.4 Å². The molecule has 1 amide bonds. The molecule has 35 heavy (non-hydrogen) atoms. The lowest BCUT2D eigenvalue weighted by Gasteiger charge is -2.29. The first-order chi connectivity index (χ1) is 17.1. The Balaban J connectivity index is 1.28. The molecule has 1 N–H and O–H groups in total. The van der Waals surface area contributed by atoms with E-state index in [0.717, 1.165) is 40.5 Å². The van der Waals surface area contributed by atoms with Crippen LogP contribution in [0.2, 0.25) is 0 Å². The van der Waals surface area contributed by atoms with Crippen molar-refractivity contribution >= 4 is 28.7 Å². The van der Waals surface area contributed by atoms with E-state index in [1.54, 1.807) is 18.0 Å². The average molecular weight is 485 g/mol. The highest BCUT2D eigenvalue weighted by Gasteiger charge is 2.23. The van der Waals surface area contributed by atoms with Crippen LogP contribution in [-0.4, -0.2) is 26.5 Å². The lowest BCUT2D eigenvalue weighted by molar-refractivity contribution is 0.0910. The van der Waals surface area contributed by atoms with E-state index in [4.69, 9.17) is 4.98 Å². The summed E-state index contributed by atoms with van der Waals surface area (Å²) in [6.45, 7) is 5.12. The molecule has 5 rings (SSSR count). The number of aryl methyl sites for hydroxylation is 1. The molecule has 1 fully saturated rings. The molecule has 1 saturated carbocycles. The van der Waals surface area contributed by atoms with Gasteiger partial charge in [0.1, 0.15) is 0 Å². The standard InChI is InChI=1S/C29H32N4OS/c1-20-6-5-8-23(16-20)18-33-27-17-30-15-14-26(27)32-29(33)35-19-22-10-12-24(13-11-22)28(34)31-25-9-4-3-7-21(25)2/h5-6,8,10-17,21,25H,3-4,7,9,18-19H2,1-2H3,(H,31,34). The van der Waals surface area contributed by atoms with Gasteiger partial charge in [-0.25, -0.2) is 4.98 Å². The van der Waals surface area contributed by atoms with Gasteiger partial charge in [0, 0.05) is 23.6 Å². The lowest BCUT2D eigenvalue weighted by atomic mass is 9.86. The summed E-state index contributed by atoms with van der Waals surface area (Å²) in [7, 11) is 0. The lowest BCUT2D eigenvalue weighted by Crippen LogP contribution is -2.41. The smallest absolute Gasteiger partial charge is 0.251 e. The van der Waals surface area contributed by atoms with Crippen LogP contribution in [0.3, 0.4) is 0 Å². The molecule has 180 valence electrons. The van der Waals surface area contributed by atoms with Gasteiger partial charge in [0.2, 0.25) is 0 Å². The van der Waals surface area contributed by atoms with Crippen LogP contribution in [0.25, 0.3) is 11.0 Å². The van der Waals surface area contributed by atoms with Crippen molar-refractivity contribution in [3.05, 3.63) is 89.2 Å². The van der Waals surface area contributed by atoms with Crippen LogP contribution in [0.15, 0.2) is 72.1 Å². The molecule has 0 spiro atoms. The summed E-state index contributed by atoms with van der Waals surface area (Å²) in [5, 5.41) is 4.22. The number of nitrogens with one attached hydrogen (secondary N) is 1. The monoisotopic (exact) mass is 484 g/mol. The number of hydrogen-bond acceptors (Lipinski definition) is 4. The molecule has 0 saturated heterocycles. The van der Waals surface area contributed by atoms with Crippen LogP contribution in [0, 0.1) is 12.8 Å². The van der Waals surface area contributed by atoms with Gasteiger partial charge in [-0.05, 0) is 55.0 Å². The largest absolute Gasteiger partial charge is 0.349 e. The Morgan fingerprint density at radius 2 is 1.91 bits per heavy atom. The SMILES string of the molecule is Cc1cccc(Cn2c(SCc3ccc(C(=O)NC4CCCCC4C)cc3)nc3ccncc32)c1. The number of fused-ring (bicyclic) bond motifs is 1. The number of carbonyl (C=O) groups excluding carboxylic acids is 1. The molecule has 2 aromatic carbocycles. The van der Waals surface area contributed by atoms with Crippen LogP contribution in [-0.2, 0) is 12.3 Å². The number of thioether (sulfide) groups is 1. The number of imidazole rings is 1. The molecule has 6 heteroatoms. The third-order valence-corrected chi connectivity index (χ3v) is 8.00. The summed E-state index contributed by atoms with van der Waals surface area (Å²) in [5.74, 6) is 1.37. The molecule has 1 aliphatic rings. The fourth-order valence-electron chi connectivity index (χ4n) is 4.89. The van der Waals surface area contributed by atoms with Crippen LogP contribution in [0.4, 0.5) is 0 Å². The molecule has 0 bridgehead atoms. The summed E-state index contributed by atoms with van der Waals surface area (Å²) in [4.78, 5) is 22.0. The molecular formula is C29H32N4OS. The predicted molar refractivity (Wildman–Crippen MR) is 143 cm³/mol. The zero-order chi connectivity index (χ0) is 24.2. The third-order valence-electron chi connectivity index (χ3n) is 6.95. The quantitative estimate of drug-likeness (QED) is 0.309. The summed E-state index contributed by atoms with van der Waals surface area (Å²) < 4.78 is 2.24. The van der Waals surface area contributed by atoms with Gasteiger partial charge in [-0.3, -0.25) is 9.78 Å². The highest BCUT2D eigenvalue weighted by atomic mass is 32.2. The van der Waals surface area contributed by atoms with Crippen molar-refractivity contribution in [3.63, 3.8) is 0 Å². The van der Waals surface area contributed by atoms with Gasteiger partial charge in [0.25, 0.3) is 5.91 Å². The van der Waals surface area contributed by atoms with Crippen molar-refractivity contribution in [1.29, 1.82) is 0 Å². The van der Waals surface area contributed by atoms with Gasteiger partial charge in [-0.2, -0.15) is 0 Å². The minimum Gasteiger partial charge on any atom is -0.349 e. The molecule has 2 unspecified atom stereocenters. The highest BCUT2D eigenvalue weighted by molar-refractivity contribution is 7.98. The molecule has 2 heterocycles. The fourth-order valence-corrected chi connectivity index (χ4v) is 5.86. The average Bonchev–Trinajstić information content (AvgIpc) is 3.21. The zero-order valence-electron chi connectivity index (χ0n) is 20.4. The number of nitrogens with zero attached hydrogens (tertiary/aromatic N) is 3. The van der Waals surface area contributed by atoms with Crippen molar-refractivity contribution in [3.8, 4) is 0 Å². The van der Waals surface area contributed by atoms with E-state index in [1.165, 1.54) is 36.0 Å². The number of pyridine rings is 1. The maximum Gasteiger partial charge on any atom is 0.251 e. The van der Waals surface area contributed by atoms with Crippen LogP contribution in [0.1, 0.15) is 59.7 Å². The summed E-state index contributed by atoms with van der Waals surface area (Å²) in [5.41, 5.74) is 6.40. The molecule has 0 radical (unpaired) electrons.